The van der Waals surface area contributed by atoms with Crippen molar-refractivity contribution < 1.29 is 4.79 Å². The first-order chi connectivity index (χ1) is 13.0. The molecule has 0 unspecified atom stereocenters. The molecule has 27 heavy (non-hydrogen) atoms. The van der Waals surface area contributed by atoms with Crippen LogP contribution >= 0.6 is 0 Å². The molecule has 4 nitrogen and oxygen atoms in total. The molecular formula is C23H31N3O. The third-order valence-corrected chi connectivity index (χ3v) is 5.79. The average Bonchev–Trinajstić information content (AvgIpc) is 2.69. The standard InChI is InChI=1S/C23H31N3O/c1-18-8-4-5-9-20(18)16-26(17-21-10-6-7-15-24-21)23(27)19-11-13-22(14-12-19)25(2)3/h4-10,15,19,22H,11-14,16-17H2,1-3H3. The molecule has 2 aromatic rings. The lowest BCUT2D eigenvalue weighted by Gasteiger charge is -2.34. The van der Waals surface area contributed by atoms with Gasteiger partial charge in [-0.2, -0.15) is 0 Å². The van der Waals surface area contributed by atoms with Crippen molar-refractivity contribution in [1.29, 1.82) is 0 Å². The molecule has 0 bridgehead atoms. The van der Waals surface area contributed by atoms with Gasteiger partial charge in [0.1, 0.15) is 0 Å². The summed E-state index contributed by atoms with van der Waals surface area (Å²) < 4.78 is 0. The van der Waals surface area contributed by atoms with E-state index in [2.05, 4.69) is 43.0 Å². The molecule has 1 aliphatic carbocycles. The number of nitrogens with zero attached hydrogens (tertiary/aromatic N) is 3. The van der Waals surface area contributed by atoms with Gasteiger partial charge in [-0.1, -0.05) is 30.3 Å². The van der Waals surface area contributed by atoms with Gasteiger partial charge in [-0.05, 0) is 70.0 Å². The van der Waals surface area contributed by atoms with Crippen LogP contribution in [-0.2, 0) is 17.9 Å². The third kappa shape index (κ3) is 5.16. The Morgan fingerprint density at radius 3 is 2.33 bits per heavy atom. The molecule has 1 aliphatic rings. The molecule has 1 heterocycles. The Bertz CT molecular complexity index is 736. The molecular weight excluding hydrogens is 334 g/mol. The van der Waals surface area contributed by atoms with Crippen LogP contribution in [0.5, 0.6) is 0 Å². The summed E-state index contributed by atoms with van der Waals surface area (Å²) in [7, 11) is 4.27. The molecule has 144 valence electrons. The summed E-state index contributed by atoms with van der Waals surface area (Å²) in [6.45, 7) is 3.33. The van der Waals surface area contributed by atoms with Crippen molar-refractivity contribution in [1.82, 2.24) is 14.8 Å². The Balaban J connectivity index is 1.74. The summed E-state index contributed by atoms with van der Waals surface area (Å²) in [5.74, 6) is 0.412. The molecule has 4 heteroatoms. The SMILES string of the molecule is Cc1ccccc1CN(Cc1ccccn1)C(=O)C1CCC(N(C)C)CC1. The number of aromatic nitrogens is 1. The van der Waals surface area contributed by atoms with E-state index in [-0.39, 0.29) is 11.8 Å². The number of benzene rings is 1. The van der Waals surface area contributed by atoms with E-state index in [9.17, 15) is 4.79 Å². The first-order valence-electron chi connectivity index (χ1n) is 9.94. The van der Waals surface area contributed by atoms with Crippen LogP contribution < -0.4 is 0 Å². The predicted molar refractivity (Wildman–Crippen MR) is 109 cm³/mol. The van der Waals surface area contributed by atoms with E-state index in [1.807, 2.05) is 35.2 Å². The summed E-state index contributed by atoms with van der Waals surface area (Å²) in [6.07, 6.45) is 5.97. The van der Waals surface area contributed by atoms with Gasteiger partial charge in [0.2, 0.25) is 5.91 Å². The van der Waals surface area contributed by atoms with Crippen LogP contribution in [0, 0.1) is 12.8 Å². The summed E-state index contributed by atoms with van der Waals surface area (Å²) in [5, 5.41) is 0. The highest BCUT2D eigenvalue weighted by atomic mass is 16.2. The van der Waals surface area contributed by atoms with Crippen LogP contribution in [0.4, 0.5) is 0 Å². The van der Waals surface area contributed by atoms with Gasteiger partial charge in [0, 0.05) is 24.7 Å². The molecule has 0 radical (unpaired) electrons. The van der Waals surface area contributed by atoms with E-state index in [1.165, 1.54) is 11.1 Å². The van der Waals surface area contributed by atoms with Gasteiger partial charge in [-0.25, -0.2) is 0 Å². The monoisotopic (exact) mass is 365 g/mol. The van der Waals surface area contributed by atoms with E-state index in [0.717, 1.165) is 31.4 Å². The normalized spacial score (nSPS) is 19.9. The number of carbonyl (C=O) groups excluding carboxylic acids is 1. The van der Waals surface area contributed by atoms with Crippen molar-refractivity contribution >= 4 is 5.91 Å². The highest BCUT2D eigenvalue weighted by Crippen LogP contribution is 2.29. The number of carbonyl (C=O) groups is 1. The molecule has 1 aromatic carbocycles. The molecule has 1 aromatic heterocycles. The minimum atomic E-state index is 0.133. The molecule has 0 N–H and O–H groups in total. The second-order valence-corrected chi connectivity index (χ2v) is 7.91. The molecule has 0 spiro atoms. The fraction of sp³-hybridized carbons (Fsp3) is 0.478. The Morgan fingerprint density at radius 1 is 1.00 bits per heavy atom. The molecule has 0 atom stereocenters. The van der Waals surface area contributed by atoms with E-state index < -0.39 is 0 Å². The summed E-state index contributed by atoms with van der Waals surface area (Å²) in [4.78, 5) is 22.1. The van der Waals surface area contributed by atoms with E-state index in [0.29, 0.717) is 19.1 Å². The first-order valence-corrected chi connectivity index (χ1v) is 9.94. The lowest BCUT2D eigenvalue weighted by atomic mass is 9.84. The van der Waals surface area contributed by atoms with Crippen molar-refractivity contribution in [3.8, 4) is 0 Å². The van der Waals surface area contributed by atoms with Crippen LogP contribution in [0.2, 0.25) is 0 Å². The van der Waals surface area contributed by atoms with E-state index in [1.54, 1.807) is 6.20 Å². The number of hydrogen-bond acceptors (Lipinski definition) is 3. The van der Waals surface area contributed by atoms with Gasteiger partial charge in [-0.15, -0.1) is 0 Å². The predicted octanol–water partition coefficient (Wildman–Crippen LogP) is 4.04. The first kappa shape index (κ1) is 19.6. The maximum absolute atomic E-state index is 13.4. The summed E-state index contributed by atoms with van der Waals surface area (Å²) >= 11 is 0. The van der Waals surface area contributed by atoms with Crippen LogP contribution in [0.3, 0.4) is 0 Å². The Kier molecular flexibility index (Phi) is 6.62. The van der Waals surface area contributed by atoms with E-state index >= 15 is 0 Å². The minimum Gasteiger partial charge on any atom is -0.332 e. The van der Waals surface area contributed by atoms with Gasteiger partial charge in [0.15, 0.2) is 0 Å². The number of amides is 1. The van der Waals surface area contributed by atoms with Crippen molar-refractivity contribution in [2.45, 2.75) is 51.7 Å². The molecule has 0 saturated heterocycles. The quantitative estimate of drug-likeness (QED) is 0.775. The van der Waals surface area contributed by atoms with Gasteiger partial charge in [-0.3, -0.25) is 9.78 Å². The van der Waals surface area contributed by atoms with E-state index in [4.69, 9.17) is 0 Å². The van der Waals surface area contributed by atoms with Crippen LogP contribution in [0.25, 0.3) is 0 Å². The van der Waals surface area contributed by atoms with Crippen molar-refractivity contribution in [3.05, 3.63) is 65.5 Å². The number of rotatable bonds is 6. The molecule has 3 rings (SSSR count). The van der Waals surface area contributed by atoms with Gasteiger partial charge in [0.25, 0.3) is 0 Å². The van der Waals surface area contributed by atoms with Gasteiger partial charge < -0.3 is 9.80 Å². The third-order valence-electron chi connectivity index (χ3n) is 5.79. The zero-order chi connectivity index (χ0) is 19.2. The maximum Gasteiger partial charge on any atom is 0.226 e. The highest BCUT2D eigenvalue weighted by molar-refractivity contribution is 5.79. The van der Waals surface area contributed by atoms with Crippen molar-refractivity contribution in [2.75, 3.05) is 14.1 Å². The fourth-order valence-electron chi connectivity index (χ4n) is 3.99. The second kappa shape index (κ2) is 9.14. The lowest BCUT2D eigenvalue weighted by Crippen LogP contribution is -2.40. The zero-order valence-corrected chi connectivity index (χ0v) is 16.8. The molecule has 1 saturated carbocycles. The minimum absolute atomic E-state index is 0.133. The largest absolute Gasteiger partial charge is 0.332 e. The van der Waals surface area contributed by atoms with Crippen LogP contribution in [0.15, 0.2) is 48.7 Å². The van der Waals surface area contributed by atoms with Gasteiger partial charge >= 0.3 is 0 Å². The van der Waals surface area contributed by atoms with Gasteiger partial charge in [0.05, 0.1) is 12.2 Å². The average molecular weight is 366 g/mol. The lowest BCUT2D eigenvalue weighted by molar-refractivity contribution is -0.138. The number of hydrogen-bond donors (Lipinski definition) is 0. The summed E-state index contributed by atoms with van der Waals surface area (Å²) in [5.41, 5.74) is 3.39. The number of aryl methyl sites for hydroxylation is 1. The summed E-state index contributed by atoms with van der Waals surface area (Å²) in [6, 6.07) is 14.8. The number of pyridine rings is 1. The second-order valence-electron chi connectivity index (χ2n) is 7.91. The molecule has 1 amide bonds. The molecule has 0 aliphatic heterocycles. The zero-order valence-electron chi connectivity index (χ0n) is 16.8. The smallest absolute Gasteiger partial charge is 0.226 e. The Labute approximate surface area is 163 Å². The Hall–Kier alpha value is -2.20. The maximum atomic E-state index is 13.4. The highest BCUT2D eigenvalue weighted by Gasteiger charge is 2.30. The molecule has 1 fully saturated rings. The van der Waals surface area contributed by atoms with Crippen LogP contribution in [0.1, 0.15) is 42.5 Å². The fourth-order valence-corrected chi connectivity index (χ4v) is 3.99. The van der Waals surface area contributed by atoms with Crippen molar-refractivity contribution in [2.24, 2.45) is 5.92 Å². The topological polar surface area (TPSA) is 36.4 Å². The Morgan fingerprint density at radius 2 is 1.70 bits per heavy atom. The van der Waals surface area contributed by atoms with Crippen LogP contribution in [-0.4, -0.2) is 40.8 Å². The van der Waals surface area contributed by atoms with Crippen molar-refractivity contribution in [3.63, 3.8) is 0 Å².